The molecule has 0 radical (unpaired) electrons. The Hall–Kier alpha value is -0.890. The molecule has 2 aliphatic carbocycles. The molecule has 0 amide bonds. The molecule has 0 spiro atoms. The fraction of sp³-hybridized carbons (Fsp3) is 0.571. The van der Waals surface area contributed by atoms with Crippen molar-refractivity contribution in [2.24, 2.45) is 17.8 Å². The Balaban J connectivity index is 1.63. The zero-order valence-corrected chi connectivity index (χ0v) is 9.27. The predicted octanol–water partition coefficient (Wildman–Crippen LogP) is 2.78. The van der Waals surface area contributed by atoms with E-state index < -0.39 is 0 Å². The Morgan fingerprint density at radius 3 is 2.75 bits per heavy atom. The van der Waals surface area contributed by atoms with E-state index in [9.17, 15) is 9.50 Å². The van der Waals surface area contributed by atoms with Gasteiger partial charge in [-0.15, -0.1) is 0 Å². The summed E-state index contributed by atoms with van der Waals surface area (Å²) in [6, 6.07) is 6.58. The average molecular weight is 220 g/mol. The minimum atomic E-state index is -0.267. The quantitative estimate of drug-likeness (QED) is 0.830. The van der Waals surface area contributed by atoms with E-state index in [1.807, 2.05) is 6.07 Å². The first-order chi connectivity index (χ1) is 7.75. The van der Waals surface area contributed by atoms with Crippen LogP contribution in [0.15, 0.2) is 24.3 Å². The zero-order chi connectivity index (χ0) is 11.1. The van der Waals surface area contributed by atoms with Gasteiger partial charge in [-0.25, -0.2) is 4.39 Å². The van der Waals surface area contributed by atoms with Crippen LogP contribution < -0.4 is 0 Å². The van der Waals surface area contributed by atoms with Gasteiger partial charge in [-0.1, -0.05) is 18.6 Å². The van der Waals surface area contributed by atoms with E-state index >= 15 is 0 Å². The van der Waals surface area contributed by atoms with Crippen molar-refractivity contribution in [2.45, 2.75) is 31.8 Å². The molecule has 2 fully saturated rings. The number of aliphatic hydroxyl groups excluding tert-OH is 1. The summed E-state index contributed by atoms with van der Waals surface area (Å²) in [5.74, 6) is 1.82. The average Bonchev–Trinajstić information content (AvgIpc) is 2.73. The molecule has 2 aliphatic rings. The van der Waals surface area contributed by atoms with E-state index in [0.29, 0.717) is 12.3 Å². The summed E-state index contributed by atoms with van der Waals surface area (Å²) >= 11 is 0. The van der Waals surface area contributed by atoms with Crippen LogP contribution in [-0.4, -0.2) is 11.2 Å². The summed E-state index contributed by atoms with van der Waals surface area (Å²) in [4.78, 5) is 0. The predicted molar refractivity (Wildman–Crippen MR) is 60.4 cm³/mol. The number of rotatable bonds is 3. The number of benzene rings is 1. The van der Waals surface area contributed by atoms with Crippen LogP contribution in [0.5, 0.6) is 0 Å². The smallest absolute Gasteiger partial charge is 0.123 e. The number of hydrogen-bond acceptors (Lipinski definition) is 1. The highest BCUT2D eigenvalue weighted by molar-refractivity contribution is 5.18. The number of hydrogen-bond donors (Lipinski definition) is 1. The number of halogens is 1. The van der Waals surface area contributed by atoms with Gasteiger partial charge in [0, 0.05) is 0 Å². The standard InChI is InChI=1S/C14H17FO/c15-10-4-1-3-9(7-10)8-13(16)14-11-5-2-6-12(11)14/h1,3-4,7,11-14,16H,2,5-6,8H2. The summed E-state index contributed by atoms with van der Waals surface area (Å²) in [5.41, 5.74) is 0.914. The van der Waals surface area contributed by atoms with E-state index in [4.69, 9.17) is 0 Å². The van der Waals surface area contributed by atoms with Crippen molar-refractivity contribution in [1.29, 1.82) is 0 Å². The third-order valence-electron chi connectivity index (χ3n) is 4.25. The van der Waals surface area contributed by atoms with Crippen LogP contribution in [-0.2, 0) is 6.42 Å². The Morgan fingerprint density at radius 2 is 2.06 bits per heavy atom. The monoisotopic (exact) mass is 220 g/mol. The van der Waals surface area contributed by atoms with Crippen LogP contribution in [0.2, 0.25) is 0 Å². The van der Waals surface area contributed by atoms with Crippen molar-refractivity contribution in [3.8, 4) is 0 Å². The molecule has 0 heterocycles. The van der Waals surface area contributed by atoms with E-state index in [-0.39, 0.29) is 11.9 Å². The Labute approximate surface area is 95.3 Å². The summed E-state index contributed by atoms with van der Waals surface area (Å²) in [6.45, 7) is 0. The third kappa shape index (κ3) is 1.75. The lowest BCUT2D eigenvalue weighted by Gasteiger charge is -2.12. The highest BCUT2D eigenvalue weighted by Crippen LogP contribution is 2.59. The normalized spacial score (nSPS) is 33.5. The maximum Gasteiger partial charge on any atom is 0.123 e. The Kier molecular flexibility index (Phi) is 2.47. The molecule has 0 aromatic heterocycles. The second-order valence-corrected chi connectivity index (χ2v) is 5.24. The van der Waals surface area contributed by atoms with Crippen molar-refractivity contribution in [1.82, 2.24) is 0 Å². The van der Waals surface area contributed by atoms with Gasteiger partial charge in [-0.05, 0) is 54.7 Å². The Morgan fingerprint density at radius 1 is 1.31 bits per heavy atom. The van der Waals surface area contributed by atoms with E-state index in [1.54, 1.807) is 6.07 Å². The molecule has 3 rings (SSSR count). The van der Waals surface area contributed by atoms with Crippen molar-refractivity contribution in [3.63, 3.8) is 0 Å². The minimum Gasteiger partial charge on any atom is -0.392 e. The fourth-order valence-electron chi connectivity index (χ4n) is 3.49. The van der Waals surface area contributed by atoms with Gasteiger partial charge in [-0.3, -0.25) is 0 Å². The van der Waals surface area contributed by atoms with E-state index in [2.05, 4.69) is 0 Å². The van der Waals surface area contributed by atoms with Crippen molar-refractivity contribution >= 4 is 0 Å². The molecule has 16 heavy (non-hydrogen) atoms. The van der Waals surface area contributed by atoms with Crippen LogP contribution in [0.3, 0.4) is 0 Å². The topological polar surface area (TPSA) is 20.2 Å². The van der Waals surface area contributed by atoms with Gasteiger partial charge in [-0.2, -0.15) is 0 Å². The molecule has 0 bridgehead atoms. The number of fused-ring (bicyclic) bond motifs is 1. The summed E-state index contributed by atoms with van der Waals surface area (Å²) in [5, 5.41) is 10.1. The molecule has 1 aromatic rings. The van der Waals surface area contributed by atoms with Crippen LogP contribution in [0.25, 0.3) is 0 Å². The molecule has 1 N–H and O–H groups in total. The molecular formula is C14H17FO. The second-order valence-electron chi connectivity index (χ2n) is 5.24. The maximum atomic E-state index is 13.0. The SMILES string of the molecule is OC(Cc1cccc(F)c1)C1C2CCCC21. The third-order valence-corrected chi connectivity index (χ3v) is 4.25. The molecule has 0 saturated heterocycles. The maximum absolute atomic E-state index is 13.0. The van der Waals surface area contributed by atoms with Gasteiger partial charge in [0.15, 0.2) is 0 Å². The minimum absolute atomic E-state index is 0.208. The molecule has 3 unspecified atom stereocenters. The molecular weight excluding hydrogens is 203 g/mol. The Bertz CT molecular complexity index is 380. The molecule has 86 valence electrons. The van der Waals surface area contributed by atoms with Crippen LogP contribution in [0.1, 0.15) is 24.8 Å². The largest absolute Gasteiger partial charge is 0.392 e. The van der Waals surface area contributed by atoms with Gasteiger partial charge < -0.3 is 5.11 Å². The van der Waals surface area contributed by atoms with Gasteiger partial charge in [0.2, 0.25) is 0 Å². The molecule has 2 saturated carbocycles. The molecule has 1 aromatic carbocycles. The van der Waals surface area contributed by atoms with Gasteiger partial charge in [0.05, 0.1) is 6.10 Å². The van der Waals surface area contributed by atoms with Gasteiger partial charge >= 0.3 is 0 Å². The van der Waals surface area contributed by atoms with E-state index in [1.165, 1.54) is 31.4 Å². The highest BCUT2D eigenvalue weighted by atomic mass is 19.1. The van der Waals surface area contributed by atoms with Gasteiger partial charge in [0.1, 0.15) is 5.82 Å². The zero-order valence-electron chi connectivity index (χ0n) is 9.27. The van der Waals surface area contributed by atoms with Crippen LogP contribution in [0, 0.1) is 23.6 Å². The summed E-state index contributed by atoms with van der Waals surface area (Å²) < 4.78 is 13.0. The molecule has 1 nitrogen and oxygen atoms in total. The fourth-order valence-corrected chi connectivity index (χ4v) is 3.49. The van der Waals surface area contributed by atoms with Crippen molar-refractivity contribution in [2.75, 3.05) is 0 Å². The van der Waals surface area contributed by atoms with Crippen LogP contribution in [0.4, 0.5) is 4.39 Å². The van der Waals surface area contributed by atoms with Crippen LogP contribution >= 0.6 is 0 Å². The lowest BCUT2D eigenvalue weighted by atomic mass is 10.00. The first-order valence-electron chi connectivity index (χ1n) is 6.18. The van der Waals surface area contributed by atoms with E-state index in [0.717, 1.165) is 17.4 Å². The molecule has 0 aliphatic heterocycles. The van der Waals surface area contributed by atoms with Crippen molar-refractivity contribution in [3.05, 3.63) is 35.6 Å². The first kappa shape index (κ1) is 10.3. The lowest BCUT2D eigenvalue weighted by Crippen LogP contribution is -2.16. The number of aliphatic hydroxyl groups is 1. The van der Waals surface area contributed by atoms with Crippen molar-refractivity contribution < 1.29 is 9.50 Å². The first-order valence-corrected chi connectivity index (χ1v) is 6.18. The highest BCUT2D eigenvalue weighted by Gasteiger charge is 2.55. The lowest BCUT2D eigenvalue weighted by molar-refractivity contribution is 0.135. The van der Waals surface area contributed by atoms with Gasteiger partial charge in [0.25, 0.3) is 0 Å². The summed E-state index contributed by atoms with van der Waals surface area (Å²) in [6.07, 6.45) is 4.25. The summed E-state index contributed by atoms with van der Waals surface area (Å²) in [7, 11) is 0. The molecule has 2 heteroatoms. The second kappa shape index (κ2) is 3.85. The molecule has 3 atom stereocenters.